The summed E-state index contributed by atoms with van der Waals surface area (Å²) in [6, 6.07) is 6.39. The Labute approximate surface area is 132 Å². The van der Waals surface area contributed by atoms with Gasteiger partial charge in [-0.2, -0.15) is 9.78 Å². The van der Waals surface area contributed by atoms with E-state index >= 15 is 0 Å². The second-order valence-electron chi connectivity index (χ2n) is 5.07. The maximum atomic E-state index is 13.0. The molecule has 0 aliphatic heterocycles. The standard InChI is InChI=1S/C16H18FN3O3/c1-4-10(2)18-16(22)15-13(23-3)9-14(21)20(19-15)12-7-5-11(17)6-8-12/h5-10H,4H2,1-3H3,(H,18,22)/t10-/m1/s1. The third kappa shape index (κ3) is 3.74. The van der Waals surface area contributed by atoms with Gasteiger partial charge in [0, 0.05) is 6.04 Å². The summed E-state index contributed by atoms with van der Waals surface area (Å²) < 4.78 is 19.1. The lowest BCUT2D eigenvalue weighted by Gasteiger charge is -2.14. The Balaban J connectivity index is 2.49. The lowest BCUT2D eigenvalue weighted by atomic mass is 10.2. The Bertz CT molecular complexity index is 756. The molecule has 2 aromatic rings. The summed E-state index contributed by atoms with van der Waals surface area (Å²) in [6.07, 6.45) is 0.756. The number of carbonyl (C=O) groups is 1. The molecule has 0 fully saturated rings. The van der Waals surface area contributed by atoms with Gasteiger partial charge in [-0.1, -0.05) is 6.92 Å². The Morgan fingerprint density at radius 3 is 2.61 bits per heavy atom. The third-order valence-corrected chi connectivity index (χ3v) is 3.39. The summed E-state index contributed by atoms with van der Waals surface area (Å²) in [4.78, 5) is 24.4. The zero-order valence-corrected chi connectivity index (χ0v) is 13.2. The van der Waals surface area contributed by atoms with Crippen LogP contribution in [0, 0.1) is 5.82 Å². The van der Waals surface area contributed by atoms with Gasteiger partial charge in [-0.05, 0) is 37.6 Å². The average Bonchev–Trinajstić information content (AvgIpc) is 2.55. The topological polar surface area (TPSA) is 73.2 Å². The van der Waals surface area contributed by atoms with Crippen LogP contribution in [0.1, 0.15) is 30.8 Å². The molecule has 6 nitrogen and oxygen atoms in total. The van der Waals surface area contributed by atoms with Crippen LogP contribution in [0.3, 0.4) is 0 Å². The summed E-state index contributed by atoms with van der Waals surface area (Å²) >= 11 is 0. The predicted molar refractivity (Wildman–Crippen MR) is 83.6 cm³/mol. The summed E-state index contributed by atoms with van der Waals surface area (Å²) in [5, 5.41) is 6.85. The van der Waals surface area contributed by atoms with Crippen molar-refractivity contribution in [1.29, 1.82) is 0 Å². The molecule has 1 N–H and O–H groups in total. The zero-order valence-electron chi connectivity index (χ0n) is 13.2. The first-order chi connectivity index (χ1) is 11.0. The highest BCUT2D eigenvalue weighted by Gasteiger charge is 2.19. The highest BCUT2D eigenvalue weighted by Crippen LogP contribution is 2.15. The van der Waals surface area contributed by atoms with Crippen molar-refractivity contribution in [2.24, 2.45) is 0 Å². The maximum absolute atomic E-state index is 13.0. The number of aromatic nitrogens is 2. The minimum atomic E-state index is -0.478. The van der Waals surface area contributed by atoms with E-state index in [9.17, 15) is 14.0 Å². The number of rotatable bonds is 5. The number of nitrogens with one attached hydrogen (secondary N) is 1. The van der Waals surface area contributed by atoms with Crippen molar-refractivity contribution >= 4 is 5.91 Å². The zero-order chi connectivity index (χ0) is 17.0. The molecular weight excluding hydrogens is 301 g/mol. The summed E-state index contributed by atoms with van der Waals surface area (Å²) in [7, 11) is 1.36. The number of benzene rings is 1. The molecule has 0 aliphatic carbocycles. The quantitative estimate of drug-likeness (QED) is 0.913. The first-order valence-electron chi connectivity index (χ1n) is 7.21. The Kier molecular flexibility index (Phi) is 5.10. The number of hydrogen-bond donors (Lipinski definition) is 1. The van der Waals surface area contributed by atoms with Gasteiger partial charge in [0.25, 0.3) is 11.5 Å². The number of hydrogen-bond acceptors (Lipinski definition) is 4. The number of nitrogens with zero attached hydrogens (tertiary/aromatic N) is 2. The number of halogens is 1. The molecule has 1 heterocycles. The van der Waals surface area contributed by atoms with Gasteiger partial charge >= 0.3 is 0 Å². The molecule has 0 bridgehead atoms. The predicted octanol–water partition coefficient (Wildman–Crippen LogP) is 1.91. The molecular formula is C16H18FN3O3. The smallest absolute Gasteiger partial charge is 0.275 e. The molecule has 0 saturated carbocycles. The Morgan fingerprint density at radius 2 is 2.04 bits per heavy atom. The molecule has 122 valence electrons. The second-order valence-corrected chi connectivity index (χ2v) is 5.07. The van der Waals surface area contributed by atoms with Crippen molar-refractivity contribution in [2.75, 3.05) is 7.11 Å². The van der Waals surface area contributed by atoms with Crippen LogP contribution < -0.4 is 15.6 Å². The van der Waals surface area contributed by atoms with Crippen LogP contribution >= 0.6 is 0 Å². The Hall–Kier alpha value is -2.70. The van der Waals surface area contributed by atoms with Crippen LogP contribution in [0.25, 0.3) is 5.69 Å². The number of ether oxygens (including phenoxy) is 1. The van der Waals surface area contributed by atoms with Crippen LogP contribution in [-0.4, -0.2) is 28.8 Å². The van der Waals surface area contributed by atoms with Crippen molar-refractivity contribution in [3.05, 3.63) is 52.2 Å². The van der Waals surface area contributed by atoms with Crippen LogP contribution in [0.5, 0.6) is 5.75 Å². The Morgan fingerprint density at radius 1 is 1.39 bits per heavy atom. The molecule has 0 spiro atoms. The first-order valence-corrected chi connectivity index (χ1v) is 7.21. The summed E-state index contributed by atoms with van der Waals surface area (Å²) in [5.74, 6) is -0.772. The molecule has 7 heteroatoms. The van der Waals surface area contributed by atoms with E-state index in [4.69, 9.17) is 4.74 Å². The van der Waals surface area contributed by atoms with Crippen molar-refractivity contribution in [3.8, 4) is 11.4 Å². The third-order valence-electron chi connectivity index (χ3n) is 3.39. The van der Waals surface area contributed by atoms with Crippen LogP contribution in [0.15, 0.2) is 35.1 Å². The van der Waals surface area contributed by atoms with Gasteiger partial charge in [0.2, 0.25) is 0 Å². The SMILES string of the molecule is CC[C@@H](C)NC(=O)c1nn(-c2ccc(F)cc2)c(=O)cc1OC. The van der Waals surface area contributed by atoms with Crippen LogP contribution in [0.2, 0.25) is 0 Å². The van der Waals surface area contributed by atoms with Gasteiger partial charge in [0.05, 0.1) is 18.9 Å². The van der Waals surface area contributed by atoms with E-state index in [1.54, 1.807) is 0 Å². The van der Waals surface area contributed by atoms with E-state index in [2.05, 4.69) is 10.4 Å². The lowest BCUT2D eigenvalue weighted by Crippen LogP contribution is -2.34. The molecule has 0 unspecified atom stereocenters. The number of carbonyl (C=O) groups excluding carboxylic acids is 1. The summed E-state index contributed by atoms with van der Waals surface area (Å²) in [5.41, 5.74) is -0.123. The van der Waals surface area contributed by atoms with E-state index in [0.717, 1.165) is 11.1 Å². The van der Waals surface area contributed by atoms with Gasteiger partial charge in [-0.3, -0.25) is 9.59 Å². The largest absolute Gasteiger partial charge is 0.494 e. The van der Waals surface area contributed by atoms with Crippen molar-refractivity contribution in [3.63, 3.8) is 0 Å². The average molecular weight is 319 g/mol. The fraction of sp³-hybridized carbons (Fsp3) is 0.312. The van der Waals surface area contributed by atoms with Gasteiger partial charge in [-0.15, -0.1) is 0 Å². The van der Waals surface area contributed by atoms with E-state index < -0.39 is 17.3 Å². The van der Waals surface area contributed by atoms with Crippen LogP contribution in [0.4, 0.5) is 4.39 Å². The van der Waals surface area contributed by atoms with Gasteiger partial charge < -0.3 is 10.1 Å². The molecule has 0 radical (unpaired) electrons. The molecule has 0 saturated heterocycles. The van der Waals surface area contributed by atoms with Gasteiger partial charge in [0.1, 0.15) is 5.82 Å². The van der Waals surface area contributed by atoms with Crippen LogP contribution in [-0.2, 0) is 0 Å². The normalized spacial score (nSPS) is 11.8. The first kappa shape index (κ1) is 16.7. The summed E-state index contributed by atoms with van der Waals surface area (Å²) in [6.45, 7) is 3.80. The molecule has 1 aromatic heterocycles. The van der Waals surface area contributed by atoms with Crippen molar-refractivity contribution in [1.82, 2.24) is 15.1 Å². The molecule has 23 heavy (non-hydrogen) atoms. The minimum absolute atomic E-state index is 0.00303. The molecule has 1 atom stereocenters. The van der Waals surface area contributed by atoms with Crippen molar-refractivity contribution < 1.29 is 13.9 Å². The monoisotopic (exact) mass is 319 g/mol. The number of amides is 1. The molecule has 0 aliphatic rings. The highest BCUT2D eigenvalue weighted by atomic mass is 19.1. The van der Waals surface area contributed by atoms with Gasteiger partial charge in [-0.25, -0.2) is 4.39 Å². The van der Waals surface area contributed by atoms with Crippen molar-refractivity contribution in [2.45, 2.75) is 26.3 Å². The maximum Gasteiger partial charge on any atom is 0.275 e. The minimum Gasteiger partial charge on any atom is -0.494 e. The number of methoxy groups -OCH3 is 1. The van der Waals surface area contributed by atoms with E-state index in [0.29, 0.717) is 5.69 Å². The molecule has 1 aromatic carbocycles. The van der Waals surface area contributed by atoms with E-state index in [1.807, 2.05) is 13.8 Å². The fourth-order valence-electron chi connectivity index (χ4n) is 1.91. The lowest BCUT2D eigenvalue weighted by molar-refractivity contribution is 0.0928. The highest BCUT2D eigenvalue weighted by molar-refractivity contribution is 5.94. The van der Waals surface area contributed by atoms with Gasteiger partial charge in [0.15, 0.2) is 11.4 Å². The molecule has 2 rings (SSSR count). The fourth-order valence-corrected chi connectivity index (χ4v) is 1.91. The second kappa shape index (κ2) is 7.04. The molecule has 1 amide bonds. The van der Waals surface area contributed by atoms with E-state index in [1.165, 1.54) is 37.4 Å². The van der Waals surface area contributed by atoms with E-state index in [-0.39, 0.29) is 17.5 Å².